The molecule has 0 radical (unpaired) electrons. The summed E-state index contributed by atoms with van der Waals surface area (Å²) in [6.07, 6.45) is 0. The minimum absolute atomic E-state index is 0.308. The molecule has 0 fully saturated rings. The molecule has 0 aliphatic heterocycles. The van der Waals surface area contributed by atoms with Crippen molar-refractivity contribution in [3.05, 3.63) is 30.1 Å². The molecule has 3 rings (SSSR count). The number of hydrogen-bond donors (Lipinski definition) is 0. The van der Waals surface area contributed by atoms with E-state index in [4.69, 9.17) is 9.15 Å². The largest absolute Gasteiger partial charge is 0.497 e. The van der Waals surface area contributed by atoms with Gasteiger partial charge < -0.3 is 9.15 Å². The van der Waals surface area contributed by atoms with E-state index >= 15 is 0 Å². The highest BCUT2D eigenvalue weighted by Crippen LogP contribution is 2.31. The highest BCUT2D eigenvalue weighted by molar-refractivity contribution is 8.00. The molecule has 2 heterocycles. The predicted molar refractivity (Wildman–Crippen MR) is 84.4 cm³/mol. The number of hydrogen-bond acceptors (Lipinski definition) is 8. The molecular formula is C14H14N4O2S2. The minimum atomic E-state index is 0.308. The summed E-state index contributed by atoms with van der Waals surface area (Å²) in [7, 11) is 1.63. The Balaban J connectivity index is 1.74. The van der Waals surface area contributed by atoms with Crippen molar-refractivity contribution in [3.63, 3.8) is 0 Å². The van der Waals surface area contributed by atoms with Gasteiger partial charge in [0.1, 0.15) is 11.6 Å². The molecule has 22 heavy (non-hydrogen) atoms. The SMILES string of the molecule is COc1ccc(-c2nnc(Sc3nc(C(C)C)ns3)o2)cc1. The van der Waals surface area contributed by atoms with Gasteiger partial charge >= 0.3 is 0 Å². The van der Waals surface area contributed by atoms with Crippen LogP contribution in [0.4, 0.5) is 0 Å². The Labute approximate surface area is 136 Å². The van der Waals surface area contributed by atoms with Crippen LogP contribution in [-0.4, -0.2) is 26.7 Å². The Bertz CT molecular complexity index is 752. The Kier molecular flexibility index (Phi) is 4.39. The lowest BCUT2D eigenvalue weighted by Crippen LogP contribution is -1.88. The summed E-state index contributed by atoms with van der Waals surface area (Å²) in [6, 6.07) is 7.46. The third-order valence-corrected chi connectivity index (χ3v) is 4.46. The van der Waals surface area contributed by atoms with Crippen molar-refractivity contribution in [2.45, 2.75) is 29.3 Å². The van der Waals surface area contributed by atoms with Gasteiger partial charge in [0.05, 0.1) is 7.11 Å². The van der Waals surface area contributed by atoms with E-state index in [-0.39, 0.29) is 0 Å². The number of benzene rings is 1. The van der Waals surface area contributed by atoms with Crippen LogP contribution >= 0.6 is 23.3 Å². The monoisotopic (exact) mass is 334 g/mol. The Hall–Kier alpha value is -1.93. The summed E-state index contributed by atoms with van der Waals surface area (Å²) < 4.78 is 15.9. The van der Waals surface area contributed by atoms with E-state index in [1.54, 1.807) is 7.11 Å². The average Bonchev–Trinajstić information content (AvgIpc) is 3.17. The molecule has 6 nitrogen and oxygen atoms in total. The molecule has 114 valence electrons. The number of methoxy groups -OCH3 is 1. The van der Waals surface area contributed by atoms with Crippen molar-refractivity contribution in [2.75, 3.05) is 7.11 Å². The van der Waals surface area contributed by atoms with Crippen LogP contribution in [0.3, 0.4) is 0 Å². The van der Waals surface area contributed by atoms with Gasteiger partial charge in [-0.3, -0.25) is 0 Å². The van der Waals surface area contributed by atoms with Crippen molar-refractivity contribution < 1.29 is 9.15 Å². The second-order valence-electron chi connectivity index (χ2n) is 4.78. The van der Waals surface area contributed by atoms with Gasteiger partial charge in [-0.15, -0.1) is 10.2 Å². The van der Waals surface area contributed by atoms with Gasteiger partial charge in [-0.1, -0.05) is 13.8 Å². The molecule has 3 aromatic rings. The Morgan fingerprint density at radius 2 is 1.95 bits per heavy atom. The minimum Gasteiger partial charge on any atom is -0.497 e. The molecule has 8 heteroatoms. The van der Waals surface area contributed by atoms with Gasteiger partial charge in [-0.05, 0) is 35.8 Å². The molecule has 0 N–H and O–H groups in total. The normalized spacial score (nSPS) is 11.1. The highest BCUT2D eigenvalue weighted by Gasteiger charge is 2.14. The summed E-state index contributed by atoms with van der Waals surface area (Å²) in [6.45, 7) is 4.12. The lowest BCUT2D eigenvalue weighted by atomic mass is 10.2. The fourth-order valence-electron chi connectivity index (χ4n) is 1.67. The maximum absolute atomic E-state index is 5.66. The van der Waals surface area contributed by atoms with Gasteiger partial charge in [0.15, 0.2) is 4.34 Å². The van der Waals surface area contributed by atoms with Crippen LogP contribution in [0.1, 0.15) is 25.6 Å². The van der Waals surface area contributed by atoms with Crippen LogP contribution in [0.5, 0.6) is 5.75 Å². The fraction of sp³-hybridized carbons (Fsp3) is 0.286. The first-order valence-electron chi connectivity index (χ1n) is 6.65. The first-order chi connectivity index (χ1) is 10.7. The van der Waals surface area contributed by atoms with Crippen LogP contribution in [-0.2, 0) is 0 Å². The molecule has 0 aliphatic carbocycles. The molecule has 0 bridgehead atoms. The predicted octanol–water partition coefficient (Wildman–Crippen LogP) is 3.87. The zero-order valence-electron chi connectivity index (χ0n) is 12.3. The quantitative estimate of drug-likeness (QED) is 0.701. The zero-order chi connectivity index (χ0) is 15.5. The van der Waals surface area contributed by atoms with Gasteiger partial charge in [-0.2, -0.15) is 4.37 Å². The molecule has 0 atom stereocenters. The number of rotatable bonds is 5. The second-order valence-corrected chi connectivity index (χ2v) is 6.73. The molecule has 2 aromatic heterocycles. The van der Waals surface area contributed by atoms with Gasteiger partial charge in [0.2, 0.25) is 5.89 Å². The van der Waals surface area contributed by atoms with Gasteiger partial charge in [0, 0.05) is 23.2 Å². The van der Waals surface area contributed by atoms with Crippen LogP contribution in [0.2, 0.25) is 0 Å². The first-order valence-corrected chi connectivity index (χ1v) is 8.24. The maximum Gasteiger partial charge on any atom is 0.284 e. The fourth-order valence-corrected chi connectivity index (χ4v) is 3.20. The zero-order valence-corrected chi connectivity index (χ0v) is 13.9. The third-order valence-electron chi connectivity index (χ3n) is 2.86. The average molecular weight is 334 g/mol. The topological polar surface area (TPSA) is 73.9 Å². The third kappa shape index (κ3) is 3.28. The standard InChI is InChI=1S/C14H14N4O2S2/c1-8(2)11-15-14(22-18-11)21-13-17-16-12(20-13)9-4-6-10(19-3)7-5-9/h4-8H,1-3H3. The molecular weight excluding hydrogens is 320 g/mol. The number of aromatic nitrogens is 4. The molecule has 0 amide bonds. The summed E-state index contributed by atoms with van der Waals surface area (Å²) in [4.78, 5) is 4.44. The van der Waals surface area contributed by atoms with E-state index in [1.165, 1.54) is 23.3 Å². The van der Waals surface area contributed by atoms with Crippen molar-refractivity contribution in [1.82, 2.24) is 19.6 Å². The summed E-state index contributed by atoms with van der Waals surface area (Å²) in [5, 5.41) is 8.55. The molecule has 0 unspecified atom stereocenters. The highest BCUT2D eigenvalue weighted by atomic mass is 32.2. The van der Waals surface area contributed by atoms with Gasteiger partial charge in [0.25, 0.3) is 5.22 Å². The summed E-state index contributed by atoms with van der Waals surface area (Å²) in [5.74, 6) is 2.40. The number of ether oxygens (including phenoxy) is 1. The van der Waals surface area contributed by atoms with Crippen molar-refractivity contribution in [1.29, 1.82) is 0 Å². The van der Waals surface area contributed by atoms with E-state index in [0.29, 0.717) is 17.0 Å². The Morgan fingerprint density at radius 1 is 1.18 bits per heavy atom. The van der Waals surface area contributed by atoms with E-state index < -0.39 is 0 Å². The molecule has 0 aliphatic rings. The first kappa shape index (κ1) is 15.0. The van der Waals surface area contributed by atoms with E-state index in [1.807, 2.05) is 24.3 Å². The smallest absolute Gasteiger partial charge is 0.284 e. The van der Waals surface area contributed by atoms with Crippen molar-refractivity contribution in [3.8, 4) is 17.2 Å². The lowest BCUT2D eigenvalue weighted by molar-refractivity contribution is 0.414. The number of nitrogens with zero attached hydrogens (tertiary/aromatic N) is 4. The van der Waals surface area contributed by atoms with E-state index in [2.05, 4.69) is 33.4 Å². The van der Waals surface area contributed by atoms with Crippen LogP contribution < -0.4 is 4.74 Å². The molecule has 1 aromatic carbocycles. The van der Waals surface area contributed by atoms with Gasteiger partial charge in [-0.25, -0.2) is 4.98 Å². The Morgan fingerprint density at radius 3 is 2.59 bits per heavy atom. The molecule has 0 saturated carbocycles. The van der Waals surface area contributed by atoms with Crippen molar-refractivity contribution in [2.24, 2.45) is 0 Å². The van der Waals surface area contributed by atoms with E-state index in [9.17, 15) is 0 Å². The van der Waals surface area contributed by atoms with Crippen molar-refractivity contribution >= 4 is 23.3 Å². The van der Waals surface area contributed by atoms with Crippen LogP contribution in [0.15, 0.2) is 38.2 Å². The summed E-state index contributed by atoms with van der Waals surface area (Å²) >= 11 is 2.67. The van der Waals surface area contributed by atoms with E-state index in [0.717, 1.165) is 21.5 Å². The summed E-state index contributed by atoms with van der Waals surface area (Å²) in [5.41, 5.74) is 0.847. The van der Waals surface area contributed by atoms with Crippen LogP contribution in [0, 0.1) is 0 Å². The van der Waals surface area contributed by atoms with Crippen LogP contribution in [0.25, 0.3) is 11.5 Å². The molecule has 0 saturated heterocycles. The second kappa shape index (κ2) is 6.45. The molecule has 0 spiro atoms. The lowest BCUT2D eigenvalue weighted by Gasteiger charge is -1.99. The maximum atomic E-state index is 5.66.